The van der Waals surface area contributed by atoms with Crippen molar-refractivity contribution in [3.8, 4) is 5.75 Å². The predicted molar refractivity (Wildman–Crippen MR) is 46.6 cm³/mol. The van der Waals surface area contributed by atoms with Crippen molar-refractivity contribution in [3.05, 3.63) is 33.6 Å². The van der Waals surface area contributed by atoms with E-state index < -0.39 is 40.3 Å². The second-order valence-corrected chi connectivity index (χ2v) is 2.74. The fourth-order valence-corrected chi connectivity index (χ4v) is 1.07. The Morgan fingerprint density at radius 2 is 2.06 bits per heavy atom. The summed E-state index contributed by atoms with van der Waals surface area (Å²) < 4.78 is 40.7. The first-order valence-electron chi connectivity index (χ1n) is 3.99. The van der Waals surface area contributed by atoms with Crippen molar-refractivity contribution in [2.75, 3.05) is 0 Å². The van der Waals surface area contributed by atoms with Gasteiger partial charge in [-0.2, -0.15) is 8.78 Å². The lowest BCUT2D eigenvalue weighted by Crippen LogP contribution is -2.10. The van der Waals surface area contributed by atoms with E-state index in [1.165, 1.54) is 0 Å². The molecule has 0 bridgehead atoms. The largest absolute Gasteiger partial charge is 0.477 e. The fourth-order valence-electron chi connectivity index (χ4n) is 1.07. The van der Waals surface area contributed by atoms with Crippen LogP contribution in [0.25, 0.3) is 0 Å². The van der Waals surface area contributed by atoms with Crippen LogP contribution in [-0.4, -0.2) is 22.6 Å². The van der Waals surface area contributed by atoms with Crippen LogP contribution in [0, 0.1) is 15.9 Å². The smallest absolute Gasteiger partial charge is 0.387 e. The Bertz CT molecular complexity index is 476. The Morgan fingerprint density at radius 3 is 2.47 bits per heavy atom. The Morgan fingerprint density at radius 1 is 1.47 bits per heavy atom. The summed E-state index contributed by atoms with van der Waals surface area (Å²) in [4.78, 5) is 19.8. The van der Waals surface area contributed by atoms with Crippen molar-refractivity contribution in [2.45, 2.75) is 6.61 Å². The Hall–Kier alpha value is -2.32. The molecule has 1 aromatic rings. The average Bonchev–Trinajstić information content (AvgIpc) is 2.14. The van der Waals surface area contributed by atoms with Crippen LogP contribution in [0.5, 0.6) is 5.75 Å². The van der Waals surface area contributed by atoms with Crippen molar-refractivity contribution in [3.63, 3.8) is 0 Å². The minimum absolute atomic E-state index is 0.307. The maximum Gasteiger partial charge on any atom is 0.387 e. The lowest BCUT2D eigenvalue weighted by atomic mass is 10.1. The molecular weight excluding hydrogens is 247 g/mol. The first kappa shape index (κ1) is 12.7. The van der Waals surface area contributed by atoms with E-state index >= 15 is 0 Å². The SMILES string of the molecule is O=C(O)c1c(F)cc([N+](=O)[O-])cc1OC(F)F. The number of non-ortho nitro benzene ring substituents is 1. The summed E-state index contributed by atoms with van der Waals surface area (Å²) in [6, 6.07) is 0.723. The molecule has 0 aliphatic carbocycles. The molecule has 6 nitrogen and oxygen atoms in total. The quantitative estimate of drug-likeness (QED) is 0.653. The molecule has 0 aromatic heterocycles. The number of benzene rings is 1. The van der Waals surface area contributed by atoms with Gasteiger partial charge in [0, 0.05) is 0 Å². The normalized spacial score (nSPS) is 10.4. The molecule has 1 aromatic carbocycles. The van der Waals surface area contributed by atoms with Gasteiger partial charge < -0.3 is 9.84 Å². The standard InChI is InChI=1S/C8H4F3NO5/c9-4-1-3(12(15)16)2-5(17-8(10)11)6(4)7(13)14/h1-2,8H,(H,13,14). The molecule has 0 saturated carbocycles. The van der Waals surface area contributed by atoms with Gasteiger partial charge >= 0.3 is 12.6 Å². The van der Waals surface area contributed by atoms with Crippen LogP contribution in [0.4, 0.5) is 18.9 Å². The summed E-state index contributed by atoms with van der Waals surface area (Å²) in [5, 5.41) is 18.9. The lowest BCUT2D eigenvalue weighted by Gasteiger charge is -2.08. The maximum atomic E-state index is 13.2. The van der Waals surface area contributed by atoms with Gasteiger partial charge in [0.25, 0.3) is 5.69 Å². The molecule has 1 N–H and O–H groups in total. The number of aromatic carboxylic acids is 1. The molecule has 1 rings (SSSR count). The zero-order chi connectivity index (χ0) is 13.2. The van der Waals surface area contributed by atoms with Gasteiger partial charge in [-0.05, 0) is 0 Å². The molecule has 9 heteroatoms. The van der Waals surface area contributed by atoms with Crippen LogP contribution in [0.3, 0.4) is 0 Å². The van der Waals surface area contributed by atoms with Crippen molar-refractivity contribution in [1.29, 1.82) is 0 Å². The van der Waals surface area contributed by atoms with Gasteiger partial charge in [-0.15, -0.1) is 0 Å². The summed E-state index contributed by atoms with van der Waals surface area (Å²) >= 11 is 0. The summed E-state index contributed by atoms with van der Waals surface area (Å²) in [6.07, 6.45) is 0. The van der Waals surface area contributed by atoms with Gasteiger partial charge in [-0.1, -0.05) is 0 Å². The van der Waals surface area contributed by atoms with Gasteiger partial charge in [-0.25, -0.2) is 9.18 Å². The zero-order valence-corrected chi connectivity index (χ0v) is 7.89. The van der Waals surface area contributed by atoms with E-state index in [-0.39, 0.29) is 0 Å². The Balaban J connectivity index is 3.39. The number of ether oxygens (including phenoxy) is 1. The molecular formula is C8H4F3NO5. The Kier molecular flexibility index (Phi) is 3.51. The van der Waals surface area contributed by atoms with Gasteiger partial charge in [0.1, 0.15) is 11.4 Å². The summed E-state index contributed by atoms with van der Waals surface area (Å²) in [7, 11) is 0. The van der Waals surface area contributed by atoms with E-state index in [4.69, 9.17) is 5.11 Å². The molecule has 0 radical (unpaired) electrons. The van der Waals surface area contributed by atoms with Crippen LogP contribution < -0.4 is 4.74 Å². The summed E-state index contributed by atoms with van der Waals surface area (Å²) in [5.74, 6) is -4.49. The van der Waals surface area contributed by atoms with Gasteiger partial charge in [0.05, 0.1) is 17.1 Å². The van der Waals surface area contributed by atoms with Crippen LogP contribution in [0.2, 0.25) is 0 Å². The van der Waals surface area contributed by atoms with Crippen LogP contribution >= 0.6 is 0 Å². The van der Waals surface area contributed by atoms with Crippen LogP contribution in [0.1, 0.15) is 10.4 Å². The topological polar surface area (TPSA) is 89.7 Å². The number of hydrogen-bond acceptors (Lipinski definition) is 4. The molecule has 17 heavy (non-hydrogen) atoms. The fraction of sp³-hybridized carbons (Fsp3) is 0.125. The third kappa shape index (κ3) is 2.83. The summed E-state index contributed by atoms with van der Waals surface area (Å²) in [5.41, 5.74) is -2.07. The van der Waals surface area contributed by atoms with Crippen LogP contribution in [0.15, 0.2) is 12.1 Å². The van der Waals surface area contributed by atoms with Gasteiger partial charge in [0.2, 0.25) is 0 Å². The van der Waals surface area contributed by atoms with E-state index in [0.29, 0.717) is 12.1 Å². The highest BCUT2D eigenvalue weighted by atomic mass is 19.3. The lowest BCUT2D eigenvalue weighted by molar-refractivity contribution is -0.385. The number of carboxylic acids is 1. The Labute approximate surface area is 91.4 Å². The minimum Gasteiger partial charge on any atom is -0.477 e. The second-order valence-electron chi connectivity index (χ2n) is 2.74. The van der Waals surface area contributed by atoms with E-state index in [0.717, 1.165) is 0 Å². The van der Waals surface area contributed by atoms with Gasteiger partial charge in [-0.3, -0.25) is 10.1 Å². The average molecular weight is 251 g/mol. The molecule has 0 spiro atoms. The number of halogens is 3. The zero-order valence-electron chi connectivity index (χ0n) is 7.89. The van der Waals surface area contributed by atoms with E-state index in [9.17, 15) is 28.1 Å². The summed E-state index contributed by atoms with van der Waals surface area (Å²) in [6.45, 7) is -3.42. The third-order valence-corrected chi connectivity index (χ3v) is 1.68. The number of hydrogen-bond donors (Lipinski definition) is 1. The predicted octanol–water partition coefficient (Wildman–Crippen LogP) is 2.03. The molecule has 0 saturated heterocycles. The molecule has 0 heterocycles. The number of rotatable bonds is 4. The number of nitrogens with zero attached hydrogens (tertiary/aromatic N) is 1. The first-order valence-corrected chi connectivity index (χ1v) is 3.99. The van der Waals surface area contributed by atoms with Crippen molar-refractivity contribution < 1.29 is 32.7 Å². The number of nitro groups is 1. The first-order chi connectivity index (χ1) is 7.82. The highest BCUT2D eigenvalue weighted by molar-refractivity contribution is 5.91. The van der Waals surface area contributed by atoms with E-state index in [1.807, 2.05) is 0 Å². The van der Waals surface area contributed by atoms with Crippen molar-refractivity contribution in [2.24, 2.45) is 0 Å². The highest BCUT2D eigenvalue weighted by Gasteiger charge is 2.24. The molecule has 0 amide bonds. The maximum absolute atomic E-state index is 13.2. The molecule has 0 aliphatic heterocycles. The van der Waals surface area contributed by atoms with E-state index in [2.05, 4.69) is 4.74 Å². The highest BCUT2D eigenvalue weighted by Crippen LogP contribution is 2.29. The molecule has 0 fully saturated rings. The molecule has 0 unspecified atom stereocenters. The van der Waals surface area contributed by atoms with Crippen molar-refractivity contribution >= 4 is 11.7 Å². The van der Waals surface area contributed by atoms with Gasteiger partial charge in [0.15, 0.2) is 5.75 Å². The number of nitro benzene ring substituents is 1. The molecule has 0 aliphatic rings. The number of carbonyl (C=O) groups is 1. The molecule has 92 valence electrons. The molecule has 0 atom stereocenters. The van der Waals surface area contributed by atoms with Crippen LogP contribution in [-0.2, 0) is 0 Å². The number of alkyl halides is 2. The minimum atomic E-state index is -3.42. The second kappa shape index (κ2) is 4.68. The number of carboxylic acid groups (broad SMARTS) is 1. The monoisotopic (exact) mass is 251 g/mol. The third-order valence-electron chi connectivity index (χ3n) is 1.68. The van der Waals surface area contributed by atoms with E-state index in [1.54, 1.807) is 0 Å². The van der Waals surface area contributed by atoms with Crippen molar-refractivity contribution in [1.82, 2.24) is 0 Å².